The molecule has 1 aliphatic rings. The highest BCUT2D eigenvalue weighted by Gasteiger charge is 2.28. The second kappa shape index (κ2) is 10.7. The lowest BCUT2D eigenvalue weighted by Crippen LogP contribution is -2.41. The lowest BCUT2D eigenvalue weighted by molar-refractivity contribution is -0.121. The first-order valence-corrected chi connectivity index (χ1v) is 10.2. The molecular formula is C17H27IN4O3S. The smallest absolute Gasteiger partial charge is 0.222 e. The fraction of sp³-hybridized carbons (Fsp3) is 0.529. The van der Waals surface area contributed by atoms with E-state index in [-0.39, 0.29) is 53.9 Å². The Labute approximate surface area is 172 Å². The Kier molecular flexibility index (Phi) is 9.34. The van der Waals surface area contributed by atoms with Gasteiger partial charge in [0.1, 0.15) is 0 Å². The van der Waals surface area contributed by atoms with Gasteiger partial charge in [-0.05, 0) is 12.0 Å². The number of rotatable bonds is 6. The summed E-state index contributed by atoms with van der Waals surface area (Å²) < 4.78 is 22.8. The van der Waals surface area contributed by atoms with Gasteiger partial charge in [-0.25, -0.2) is 8.42 Å². The van der Waals surface area contributed by atoms with Crippen LogP contribution in [0.1, 0.15) is 18.4 Å². The van der Waals surface area contributed by atoms with Gasteiger partial charge in [-0.2, -0.15) is 0 Å². The molecule has 9 heteroatoms. The Morgan fingerprint density at radius 2 is 2.00 bits per heavy atom. The number of benzene rings is 1. The van der Waals surface area contributed by atoms with Gasteiger partial charge in [0.15, 0.2) is 15.8 Å². The van der Waals surface area contributed by atoms with E-state index in [4.69, 9.17) is 0 Å². The van der Waals surface area contributed by atoms with Gasteiger partial charge in [-0.1, -0.05) is 30.3 Å². The summed E-state index contributed by atoms with van der Waals surface area (Å²) in [7, 11) is 0.662. The van der Waals surface area contributed by atoms with Gasteiger partial charge in [-0.15, -0.1) is 24.0 Å². The molecule has 1 atom stereocenters. The third-order valence-electron chi connectivity index (χ3n) is 4.07. The van der Waals surface area contributed by atoms with Crippen LogP contribution in [0, 0.1) is 0 Å². The number of hydrogen-bond acceptors (Lipinski definition) is 4. The molecule has 0 aliphatic carbocycles. The van der Waals surface area contributed by atoms with Crippen molar-refractivity contribution in [2.24, 2.45) is 4.99 Å². The summed E-state index contributed by atoms with van der Waals surface area (Å²) in [5.41, 5.74) is 1.17. The summed E-state index contributed by atoms with van der Waals surface area (Å²) in [5, 5.41) is 5.94. The Morgan fingerprint density at radius 3 is 2.58 bits per heavy atom. The lowest BCUT2D eigenvalue weighted by Gasteiger charge is -2.22. The van der Waals surface area contributed by atoms with Crippen molar-refractivity contribution >= 4 is 45.7 Å². The van der Waals surface area contributed by atoms with Crippen molar-refractivity contribution < 1.29 is 13.2 Å². The molecule has 0 radical (unpaired) electrons. The van der Waals surface area contributed by atoms with E-state index in [9.17, 15) is 13.2 Å². The minimum absolute atomic E-state index is 0. The minimum Gasteiger partial charge on any atom is -0.356 e. The standard InChI is InChI=1S/C17H26N4O3S.HI/c1-18-17(21(2)12-14-6-4-3-5-7-14)19-10-8-16(22)20-15-9-11-25(23,24)13-15;/h3-7,15H,8-13H2,1-2H3,(H,18,19)(H,20,22);1H. The number of sulfone groups is 1. The van der Waals surface area contributed by atoms with Crippen LogP contribution in [0.4, 0.5) is 0 Å². The van der Waals surface area contributed by atoms with E-state index in [0.717, 1.165) is 0 Å². The van der Waals surface area contributed by atoms with E-state index in [1.165, 1.54) is 5.56 Å². The van der Waals surface area contributed by atoms with Crippen LogP contribution in [-0.4, -0.2) is 63.4 Å². The Hall–Kier alpha value is -1.36. The van der Waals surface area contributed by atoms with E-state index in [0.29, 0.717) is 25.5 Å². The first-order valence-electron chi connectivity index (χ1n) is 8.35. The van der Waals surface area contributed by atoms with E-state index >= 15 is 0 Å². The van der Waals surface area contributed by atoms with Gasteiger partial charge in [0.25, 0.3) is 0 Å². The molecule has 1 aromatic rings. The zero-order chi connectivity index (χ0) is 18.3. The van der Waals surface area contributed by atoms with Crippen molar-refractivity contribution in [3.05, 3.63) is 35.9 Å². The van der Waals surface area contributed by atoms with E-state index in [1.54, 1.807) is 7.05 Å². The second-order valence-corrected chi connectivity index (χ2v) is 8.46. The maximum Gasteiger partial charge on any atom is 0.222 e. The minimum atomic E-state index is -2.98. The lowest BCUT2D eigenvalue weighted by atomic mass is 10.2. The first-order chi connectivity index (χ1) is 11.9. The number of amides is 1. The van der Waals surface area contributed by atoms with Gasteiger partial charge in [0.05, 0.1) is 11.5 Å². The summed E-state index contributed by atoms with van der Waals surface area (Å²) >= 11 is 0. The van der Waals surface area contributed by atoms with E-state index in [1.807, 2.05) is 42.3 Å². The number of nitrogens with one attached hydrogen (secondary N) is 2. The first kappa shape index (κ1) is 22.7. The number of halogens is 1. The number of guanidine groups is 1. The predicted molar refractivity (Wildman–Crippen MR) is 115 cm³/mol. The second-order valence-electron chi connectivity index (χ2n) is 6.23. The van der Waals surface area contributed by atoms with Crippen LogP contribution in [0.3, 0.4) is 0 Å². The van der Waals surface area contributed by atoms with Gasteiger partial charge >= 0.3 is 0 Å². The zero-order valence-electron chi connectivity index (χ0n) is 15.1. The van der Waals surface area contributed by atoms with E-state index in [2.05, 4.69) is 15.6 Å². The van der Waals surface area contributed by atoms with Crippen LogP contribution in [-0.2, 0) is 21.2 Å². The van der Waals surface area contributed by atoms with Crippen LogP contribution in [0.15, 0.2) is 35.3 Å². The fourth-order valence-corrected chi connectivity index (χ4v) is 4.49. The van der Waals surface area contributed by atoms with E-state index < -0.39 is 9.84 Å². The molecule has 146 valence electrons. The van der Waals surface area contributed by atoms with Gasteiger partial charge in [0.2, 0.25) is 5.91 Å². The maximum atomic E-state index is 11.9. The molecule has 1 saturated heterocycles. The highest BCUT2D eigenvalue weighted by Crippen LogP contribution is 2.11. The summed E-state index contributed by atoms with van der Waals surface area (Å²) in [6, 6.07) is 9.81. The number of carbonyl (C=O) groups is 1. The van der Waals surface area contributed by atoms with Crippen molar-refractivity contribution in [2.75, 3.05) is 32.1 Å². The Balaban J connectivity index is 0.00000338. The molecule has 2 rings (SSSR count). The van der Waals surface area contributed by atoms with Crippen molar-refractivity contribution in [1.29, 1.82) is 0 Å². The van der Waals surface area contributed by atoms with Gasteiger partial charge in [0, 0.05) is 39.6 Å². The molecule has 26 heavy (non-hydrogen) atoms. The molecular weight excluding hydrogens is 467 g/mol. The molecule has 1 unspecified atom stereocenters. The summed E-state index contributed by atoms with van der Waals surface area (Å²) in [4.78, 5) is 18.1. The SMILES string of the molecule is CN=C(NCCC(=O)NC1CCS(=O)(=O)C1)N(C)Cc1ccccc1.I. The molecule has 1 amide bonds. The Bertz CT molecular complexity index is 710. The molecule has 1 heterocycles. The van der Waals surface area contributed by atoms with Crippen molar-refractivity contribution in [2.45, 2.75) is 25.4 Å². The fourth-order valence-electron chi connectivity index (χ4n) is 2.81. The quantitative estimate of drug-likeness (QED) is 0.350. The average Bonchev–Trinajstić information content (AvgIpc) is 2.91. The molecule has 7 nitrogen and oxygen atoms in total. The number of hydrogen-bond donors (Lipinski definition) is 2. The monoisotopic (exact) mass is 494 g/mol. The van der Waals surface area contributed by atoms with Crippen LogP contribution in [0.5, 0.6) is 0 Å². The molecule has 0 spiro atoms. The third-order valence-corrected chi connectivity index (χ3v) is 5.84. The van der Waals surface area contributed by atoms with Gasteiger partial charge in [-0.3, -0.25) is 9.79 Å². The topological polar surface area (TPSA) is 90.9 Å². The number of nitrogens with zero attached hydrogens (tertiary/aromatic N) is 2. The molecule has 1 aliphatic heterocycles. The van der Waals surface area contributed by atoms with Crippen molar-refractivity contribution in [3.8, 4) is 0 Å². The van der Waals surface area contributed by atoms with Gasteiger partial charge < -0.3 is 15.5 Å². The zero-order valence-corrected chi connectivity index (χ0v) is 18.3. The molecule has 1 aromatic carbocycles. The summed E-state index contributed by atoms with van der Waals surface area (Å²) in [6.07, 6.45) is 0.776. The molecule has 1 fully saturated rings. The molecule has 2 N–H and O–H groups in total. The van der Waals surface area contributed by atoms with Crippen LogP contribution >= 0.6 is 24.0 Å². The predicted octanol–water partition coefficient (Wildman–Crippen LogP) is 1.01. The molecule has 0 aromatic heterocycles. The third kappa shape index (κ3) is 7.48. The summed E-state index contributed by atoms with van der Waals surface area (Å²) in [6.45, 7) is 1.16. The maximum absolute atomic E-state index is 11.9. The number of carbonyl (C=O) groups excluding carboxylic acids is 1. The van der Waals surface area contributed by atoms with Crippen molar-refractivity contribution in [3.63, 3.8) is 0 Å². The van der Waals surface area contributed by atoms with Crippen molar-refractivity contribution in [1.82, 2.24) is 15.5 Å². The normalized spacial score (nSPS) is 18.7. The van der Waals surface area contributed by atoms with Crippen LogP contribution < -0.4 is 10.6 Å². The molecule has 0 bridgehead atoms. The molecule has 0 saturated carbocycles. The average molecular weight is 494 g/mol. The highest BCUT2D eigenvalue weighted by molar-refractivity contribution is 14.0. The van der Waals surface area contributed by atoms with Crippen LogP contribution in [0.25, 0.3) is 0 Å². The largest absolute Gasteiger partial charge is 0.356 e. The summed E-state index contributed by atoms with van der Waals surface area (Å²) in [5.74, 6) is 0.775. The van der Waals surface area contributed by atoms with Crippen LogP contribution in [0.2, 0.25) is 0 Å². The number of aliphatic imine (C=N–C) groups is 1. The highest BCUT2D eigenvalue weighted by atomic mass is 127. The Morgan fingerprint density at radius 1 is 1.31 bits per heavy atom.